The van der Waals surface area contributed by atoms with E-state index in [-0.39, 0.29) is 5.91 Å². The molecular weight excluding hydrogens is 256 g/mol. The van der Waals surface area contributed by atoms with Crippen LogP contribution in [0.15, 0.2) is 53.6 Å². The van der Waals surface area contributed by atoms with Gasteiger partial charge in [0.15, 0.2) is 5.82 Å². The molecule has 2 aromatic heterocycles. The van der Waals surface area contributed by atoms with E-state index in [4.69, 9.17) is 4.52 Å². The van der Waals surface area contributed by atoms with Gasteiger partial charge in [-0.05, 0) is 31.2 Å². The van der Waals surface area contributed by atoms with Gasteiger partial charge in [-0.15, -0.1) is 0 Å². The van der Waals surface area contributed by atoms with Gasteiger partial charge in [-0.3, -0.25) is 4.79 Å². The van der Waals surface area contributed by atoms with Crippen molar-refractivity contribution < 1.29 is 9.32 Å². The minimum Gasteiger partial charge on any atom is -0.360 e. The fourth-order valence-electron chi connectivity index (χ4n) is 1.81. The lowest BCUT2D eigenvalue weighted by Gasteiger charge is -2.04. The van der Waals surface area contributed by atoms with Gasteiger partial charge in [0, 0.05) is 29.7 Å². The van der Waals surface area contributed by atoms with Crippen molar-refractivity contribution in [3.05, 3.63) is 60.4 Å². The number of hydrogen-bond donors (Lipinski definition) is 1. The molecule has 1 amide bonds. The van der Waals surface area contributed by atoms with Gasteiger partial charge in [0.05, 0.1) is 6.33 Å². The van der Waals surface area contributed by atoms with Gasteiger partial charge in [0.2, 0.25) is 0 Å². The molecule has 3 rings (SSSR count). The van der Waals surface area contributed by atoms with Crippen molar-refractivity contribution in [2.75, 3.05) is 5.32 Å². The third-order valence-corrected chi connectivity index (χ3v) is 2.80. The van der Waals surface area contributed by atoms with Crippen LogP contribution in [0, 0.1) is 6.92 Å². The molecule has 0 aliphatic heterocycles. The van der Waals surface area contributed by atoms with Crippen LogP contribution in [0.5, 0.6) is 0 Å². The number of imidazole rings is 1. The van der Waals surface area contributed by atoms with Crippen LogP contribution in [0.1, 0.15) is 16.1 Å². The average molecular weight is 268 g/mol. The molecule has 0 bridgehead atoms. The Hall–Kier alpha value is -2.89. The Bertz CT molecular complexity index is 714. The number of carbonyl (C=O) groups is 1. The molecule has 2 heterocycles. The van der Waals surface area contributed by atoms with Crippen molar-refractivity contribution in [1.29, 1.82) is 0 Å². The minimum atomic E-state index is -0.226. The molecule has 0 aliphatic carbocycles. The third kappa shape index (κ3) is 2.44. The van der Waals surface area contributed by atoms with Crippen LogP contribution in [0.2, 0.25) is 0 Å². The molecule has 0 unspecified atom stereocenters. The summed E-state index contributed by atoms with van der Waals surface area (Å²) in [6, 6.07) is 8.86. The van der Waals surface area contributed by atoms with Crippen LogP contribution in [-0.2, 0) is 0 Å². The number of nitrogens with one attached hydrogen (secondary N) is 1. The smallest absolute Gasteiger partial charge is 0.256 e. The second kappa shape index (κ2) is 5.00. The van der Waals surface area contributed by atoms with Crippen LogP contribution in [0.4, 0.5) is 5.82 Å². The monoisotopic (exact) mass is 268 g/mol. The Kier molecular flexibility index (Phi) is 3.04. The first kappa shape index (κ1) is 12.2. The summed E-state index contributed by atoms with van der Waals surface area (Å²) in [6.45, 7) is 1.77. The topological polar surface area (TPSA) is 73.0 Å². The molecule has 3 aromatic rings. The molecule has 20 heavy (non-hydrogen) atoms. The van der Waals surface area contributed by atoms with E-state index < -0.39 is 0 Å². The van der Waals surface area contributed by atoms with Crippen LogP contribution >= 0.6 is 0 Å². The first-order valence-electron chi connectivity index (χ1n) is 6.05. The summed E-state index contributed by atoms with van der Waals surface area (Å²) in [5, 5.41) is 6.39. The minimum absolute atomic E-state index is 0.226. The van der Waals surface area contributed by atoms with E-state index in [0.29, 0.717) is 17.1 Å². The first-order valence-corrected chi connectivity index (χ1v) is 6.05. The summed E-state index contributed by atoms with van der Waals surface area (Å²) in [5.74, 6) is 0.831. The number of hydrogen-bond acceptors (Lipinski definition) is 4. The summed E-state index contributed by atoms with van der Waals surface area (Å²) < 4.78 is 6.76. The van der Waals surface area contributed by atoms with Crippen molar-refractivity contribution in [2.24, 2.45) is 0 Å². The van der Waals surface area contributed by atoms with Gasteiger partial charge in [-0.25, -0.2) is 4.98 Å². The maximum absolute atomic E-state index is 12.0. The van der Waals surface area contributed by atoms with Crippen molar-refractivity contribution in [3.63, 3.8) is 0 Å². The molecule has 0 saturated carbocycles. The fourth-order valence-corrected chi connectivity index (χ4v) is 1.81. The SMILES string of the molecule is Cc1cc(NC(=O)c2ccc(-n3ccnc3)cc2)no1. The summed E-state index contributed by atoms with van der Waals surface area (Å²) in [7, 11) is 0. The molecule has 0 spiro atoms. The largest absolute Gasteiger partial charge is 0.360 e. The normalized spacial score (nSPS) is 10.4. The van der Waals surface area contributed by atoms with E-state index in [1.165, 1.54) is 0 Å². The third-order valence-electron chi connectivity index (χ3n) is 2.80. The summed E-state index contributed by atoms with van der Waals surface area (Å²) in [6.07, 6.45) is 5.24. The van der Waals surface area contributed by atoms with E-state index in [1.54, 1.807) is 37.6 Å². The van der Waals surface area contributed by atoms with Crippen molar-refractivity contribution in [2.45, 2.75) is 6.92 Å². The number of amides is 1. The maximum Gasteiger partial charge on any atom is 0.256 e. The zero-order valence-corrected chi connectivity index (χ0v) is 10.8. The first-order chi connectivity index (χ1) is 9.72. The highest BCUT2D eigenvalue weighted by atomic mass is 16.5. The van der Waals surface area contributed by atoms with Crippen molar-refractivity contribution in [3.8, 4) is 5.69 Å². The highest BCUT2D eigenvalue weighted by Gasteiger charge is 2.08. The van der Waals surface area contributed by atoms with Crippen LogP contribution in [0.25, 0.3) is 5.69 Å². The lowest BCUT2D eigenvalue weighted by Crippen LogP contribution is -2.12. The Labute approximate surface area is 115 Å². The molecule has 100 valence electrons. The molecule has 0 fully saturated rings. The molecule has 0 aliphatic rings. The highest BCUT2D eigenvalue weighted by molar-refractivity contribution is 6.03. The second-order valence-electron chi connectivity index (χ2n) is 4.29. The highest BCUT2D eigenvalue weighted by Crippen LogP contribution is 2.12. The van der Waals surface area contributed by atoms with Gasteiger partial charge in [-0.1, -0.05) is 5.16 Å². The number of rotatable bonds is 3. The summed E-state index contributed by atoms with van der Waals surface area (Å²) in [5.41, 5.74) is 1.49. The zero-order valence-electron chi connectivity index (χ0n) is 10.8. The van der Waals surface area contributed by atoms with Crippen LogP contribution < -0.4 is 5.32 Å². The number of carbonyl (C=O) groups excluding carboxylic acids is 1. The van der Waals surface area contributed by atoms with Gasteiger partial charge in [0.25, 0.3) is 5.91 Å². The van der Waals surface area contributed by atoms with E-state index >= 15 is 0 Å². The van der Waals surface area contributed by atoms with Gasteiger partial charge in [-0.2, -0.15) is 0 Å². The van der Waals surface area contributed by atoms with Crippen molar-refractivity contribution >= 4 is 11.7 Å². The fraction of sp³-hybridized carbons (Fsp3) is 0.0714. The maximum atomic E-state index is 12.0. The lowest BCUT2D eigenvalue weighted by molar-refractivity contribution is 0.102. The number of benzene rings is 1. The Morgan fingerprint density at radius 2 is 2.10 bits per heavy atom. The van der Waals surface area contributed by atoms with Crippen LogP contribution in [-0.4, -0.2) is 20.6 Å². The average Bonchev–Trinajstić information content (AvgIpc) is 3.11. The summed E-state index contributed by atoms with van der Waals surface area (Å²) in [4.78, 5) is 16.0. The number of nitrogens with zero attached hydrogens (tertiary/aromatic N) is 3. The molecule has 0 saturated heterocycles. The van der Waals surface area contributed by atoms with Gasteiger partial charge < -0.3 is 14.4 Å². The lowest BCUT2D eigenvalue weighted by atomic mass is 10.2. The van der Waals surface area contributed by atoms with Crippen molar-refractivity contribution in [1.82, 2.24) is 14.7 Å². The molecule has 0 radical (unpaired) electrons. The second-order valence-corrected chi connectivity index (χ2v) is 4.29. The standard InChI is InChI=1S/C14H12N4O2/c1-10-8-13(17-20-10)16-14(19)11-2-4-12(5-3-11)18-7-6-15-9-18/h2-9H,1H3,(H,16,17,19). The van der Waals surface area contributed by atoms with Gasteiger partial charge >= 0.3 is 0 Å². The Balaban J connectivity index is 1.75. The number of aromatic nitrogens is 3. The molecule has 1 N–H and O–H groups in total. The predicted molar refractivity (Wildman–Crippen MR) is 72.8 cm³/mol. The molecule has 1 aromatic carbocycles. The number of anilines is 1. The predicted octanol–water partition coefficient (Wildman–Crippen LogP) is 2.42. The zero-order chi connectivity index (χ0) is 13.9. The molecule has 6 nitrogen and oxygen atoms in total. The quantitative estimate of drug-likeness (QED) is 0.791. The van der Waals surface area contributed by atoms with Gasteiger partial charge in [0.1, 0.15) is 5.76 Å². The van der Waals surface area contributed by atoms with E-state index in [2.05, 4.69) is 15.5 Å². The van der Waals surface area contributed by atoms with E-state index in [1.807, 2.05) is 22.9 Å². The number of aryl methyl sites for hydroxylation is 1. The Morgan fingerprint density at radius 1 is 1.30 bits per heavy atom. The molecule has 0 atom stereocenters. The molecule has 6 heteroatoms. The Morgan fingerprint density at radius 3 is 2.70 bits per heavy atom. The van der Waals surface area contributed by atoms with E-state index in [9.17, 15) is 4.79 Å². The van der Waals surface area contributed by atoms with E-state index in [0.717, 1.165) is 5.69 Å². The van der Waals surface area contributed by atoms with Crippen LogP contribution in [0.3, 0.4) is 0 Å². The summed E-state index contributed by atoms with van der Waals surface area (Å²) >= 11 is 0. The molecular formula is C14H12N4O2.